The lowest BCUT2D eigenvalue weighted by Gasteiger charge is -2.36. The zero-order valence-electron chi connectivity index (χ0n) is 12.3. The molecule has 0 spiro atoms. The lowest BCUT2D eigenvalue weighted by atomic mass is 9.81. The van der Waals surface area contributed by atoms with E-state index in [0.29, 0.717) is 13.1 Å². The molecule has 0 radical (unpaired) electrons. The standard InChI is InChI=1S/C17H22N2O/c1-3-15(14-7-5-4-6-8-14)16(20)19-11-9-17(2,13-18)10-12-19/h4-8,15H,3,9-12H2,1-2H3. The number of rotatable bonds is 3. The van der Waals surface area contributed by atoms with E-state index < -0.39 is 0 Å². The molecule has 1 amide bonds. The highest BCUT2D eigenvalue weighted by Gasteiger charge is 2.33. The lowest BCUT2D eigenvalue weighted by molar-refractivity contribution is -0.134. The van der Waals surface area contributed by atoms with Crippen molar-refractivity contribution < 1.29 is 4.79 Å². The normalized spacial score (nSPS) is 19.1. The summed E-state index contributed by atoms with van der Waals surface area (Å²) in [5.74, 6) is 0.154. The molecule has 1 unspecified atom stereocenters. The minimum absolute atomic E-state index is 0.0531. The van der Waals surface area contributed by atoms with Crippen molar-refractivity contribution in [1.29, 1.82) is 5.26 Å². The van der Waals surface area contributed by atoms with Crippen molar-refractivity contribution >= 4 is 5.91 Å². The Kier molecular flexibility index (Phi) is 4.44. The number of benzene rings is 1. The second-order valence-corrected chi connectivity index (χ2v) is 5.87. The van der Waals surface area contributed by atoms with Crippen molar-refractivity contribution in [3.05, 3.63) is 35.9 Å². The van der Waals surface area contributed by atoms with Crippen LogP contribution in [0.1, 0.15) is 44.6 Å². The molecule has 1 fully saturated rings. The largest absolute Gasteiger partial charge is 0.342 e. The molecule has 0 aliphatic carbocycles. The molecule has 0 aromatic heterocycles. The minimum Gasteiger partial charge on any atom is -0.342 e. The van der Waals surface area contributed by atoms with Crippen molar-refractivity contribution in [3.63, 3.8) is 0 Å². The Morgan fingerprint density at radius 2 is 1.95 bits per heavy atom. The van der Waals surface area contributed by atoms with Gasteiger partial charge in [-0.1, -0.05) is 37.3 Å². The fourth-order valence-electron chi connectivity index (χ4n) is 2.79. The smallest absolute Gasteiger partial charge is 0.230 e. The van der Waals surface area contributed by atoms with Crippen molar-refractivity contribution in [3.8, 4) is 6.07 Å². The number of nitrogens with zero attached hydrogens (tertiary/aromatic N) is 2. The third-order valence-electron chi connectivity index (χ3n) is 4.36. The van der Waals surface area contributed by atoms with Gasteiger partial charge in [0.25, 0.3) is 0 Å². The Morgan fingerprint density at radius 3 is 2.45 bits per heavy atom. The van der Waals surface area contributed by atoms with Crippen LogP contribution < -0.4 is 0 Å². The van der Waals surface area contributed by atoms with E-state index in [2.05, 4.69) is 13.0 Å². The van der Waals surface area contributed by atoms with Gasteiger partial charge >= 0.3 is 0 Å². The van der Waals surface area contributed by atoms with Gasteiger partial charge in [0.1, 0.15) is 0 Å². The molecule has 3 heteroatoms. The van der Waals surface area contributed by atoms with Crippen molar-refractivity contribution in [2.24, 2.45) is 5.41 Å². The van der Waals surface area contributed by atoms with Crippen LogP contribution in [0.3, 0.4) is 0 Å². The Labute approximate surface area is 121 Å². The van der Waals surface area contributed by atoms with Gasteiger partial charge in [-0.3, -0.25) is 4.79 Å². The molecule has 1 aromatic rings. The summed E-state index contributed by atoms with van der Waals surface area (Å²) >= 11 is 0. The first-order valence-corrected chi connectivity index (χ1v) is 7.34. The van der Waals surface area contributed by atoms with Crippen LogP contribution in [-0.2, 0) is 4.79 Å². The van der Waals surface area contributed by atoms with Gasteiger partial charge in [0, 0.05) is 13.1 Å². The van der Waals surface area contributed by atoms with E-state index in [0.717, 1.165) is 24.8 Å². The van der Waals surface area contributed by atoms with Crippen LogP contribution in [0.4, 0.5) is 0 Å². The summed E-state index contributed by atoms with van der Waals surface area (Å²) in [5, 5.41) is 9.16. The average molecular weight is 270 g/mol. The third kappa shape index (κ3) is 3.01. The predicted octanol–water partition coefficient (Wildman–Crippen LogP) is 3.33. The Hall–Kier alpha value is -1.82. The van der Waals surface area contributed by atoms with E-state index in [4.69, 9.17) is 5.26 Å². The summed E-state index contributed by atoms with van der Waals surface area (Å²) in [5.41, 5.74) is 0.833. The molecular formula is C17H22N2O. The van der Waals surface area contributed by atoms with Crippen molar-refractivity contribution in [1.82, 2.24) is 4.90 Å². The van der Waals surface area contributed by atoms with Crippen molar-refractivity contribution in [2.45, 2.75) is 39.0 Å². The molecule has 20 heavy (non-hydrogen) atoms. The maximum Gasteiger partial charge on any atom is 0.230 e. The van der Waals surface area contributed by atoms with E-state index in [9.17, 15) is 4.79 Å². The van der Waals surface area contributed by atoms with Crippen LogP contribution >= 0.6 is 0 Å². The van der Waals surface area contributed by atoms with E-state index in [1.54, 1.807) is 0 Å². The Morgan fingerprint density at radius 1 is 1.35 bits per heavy atom. The van der Waals surface area contributed by atoms with Gasteiger partial charge in [-0.15, -0.1) is 0 Å². The molecule has 1 aliphatic rings. The molecule has 1 saturated heterocycles. The summed E-state index contributed by atoms with van der Waals surface area (Å²) < 4.78 is 0. The Bertz CT molecular complexity index is 495. The molecule has 1 aromatic carbocycles. The van der Waals surface area contributed by atoms with Gasteiger partial charge in [-0.05, 0) is 31.7 Å². The summed E-state index contributed by atoms with van der Waals surface area (Å²) in [6.45, 7) is 5.45. The van der Waals surface area contributed by atoms with Gasteiger partial charge in [0.15, 0.2) is 0 Å². The highest BCUT2D eigenvalue weighted by atomic mass is 16.2. The number of carbonyl (C=O) groups is 1. The topological polar surface area (TPSA) is 44.1 Å². The Balaban J connectivity index is 2.06. The quantitative estimate of drug-likeness (QED) is 0.845. The number of carbonyl (C=O) groups excluding carboxylic acids is 1. The second kappa shape index (κ2) is 6.09. The fourth-order valence-corrected chi connectivity index (χ4v) is 2.79. The number of hydrogen-bond donors (Lipinski definition) is 0. The lowest BCUT2D eigenvalue weighted by Crippen LogP contribution is -2.43. The molecule has 0 saturated carbocycles. The predicted molar refractivity (Wildman–Crippen MR) is 79.0 cm³/mol. The van der Waals surface area contributed by atoms with Gasteiger partial charge in [-0.25, -0.2) is 0 Å². The van der Waals surface area contributed by atoms with Crippen molar-refractivity contribution in [2.75, 3.05) is 13.1 Å². The van der Waals surface area contributed by atoms with Gasteiger partial charge in [-0.2, -0.15) is 5.26 Å². The van der Waals surface area contributed by atoms with Gasteiger partial charge in [0.2, 0.25) is 5.91 Å². The van der Waals surface area contributed by atoms with Crippen LogP contribution in [0, 0.1) is 16.7 Å². The molecule has 0 N–H and O–H groups in total. The zero-order chi connectivity index (χ0) is 14.6. The molecular weight excluding hydrogens is 248 g/mol. The van der Waals surface area contributed by atoms with Crippen LogP contribution in [0.25, 0.3) is 0 Å². The molecule has 3 nitrogen and oxygen atoms in total. The van der Waals surface area contributed by atoms with E-state index >= 15 is 0 Å². The average Bonchev–Trinajstić information content (AvgIpc) is 2.50. The SMILES string of the molecule is CCC(C(=O)N1CCC(C)(C#N)CC1)c1ccccc1. The monoisotopic (exact) mass is 270 g/mol. The first-order chi connectivity index (χ1) is 9.59. The molecule has 2 rings (SSSR count). The van der Waals surface area contributed by atoms with Gasteiger partial charge < -0.3 is 4.90 Å². The first-order valence-electron chi connectivity index (χ1n) is 7.34. The van der Waals surface area contributed by atoms with E-state index in [-0.39, 0.29) is 17.2 Å². The third-order valence-corrected chi connectivity index (χ3v) is 4.36. The number of hydrogen-bond acceptors (Lipinski definition) is 2. The maximum atomic E-state index is 12.7. The van der Waals surface area contributed by atoms with Gasteiger partial charge in [0.05, 0.1) is 17.4 Å². The summed E-state index contributed by atoms with van der Waals surface area (Å²) in [7, 11) is 0. The number of likely N-dealkylation sites (tertiary alicyclic amines) is 1. The van der Waals surface area contributed by atoms with E-state index in [1.165, 1.54) is 0 Å². The molecule has 0 bridgehead atoms. The number of nitriles is 1. The highest BCUT2D eigenvalue weighted by molar-refractivity contribution is 5.83. The molecule has 1 atom stereocenters. The first kappa shape index (κ1) is 14.6. The maximum absolute atomic E-state index is 12.7. The molecule has 1 heterocycles. The van der Waals surface area contributed by atoms with E-state index in [1.807, 2.05) is 42.2 Å². The van der Waals surface area contributed by atoms with Crippen LogP contribution in [0.15, 0.2) is 30.3 Å². The number of amides is 1. The minimum atomic E-state index is -0.259. The fraction of sp³-hybridized carbons (Fsp3) is 0.529. The van der Waals surface area contributed by atoms with Crippen LogP contribution in [-0.4, -0.2) is 23.9 Å². The molecule has 106 valence electrons. The summed E-state index contributed by atoms with van der Waals surface area (Å²) in [4.78, 5) is 14.6. The summed E-state index contributed by atoms with van der Waals surface area (Å²) in [6, 6.07) is 12.4. The zero-order valence-corrected chi connectivity index (χ0v) is 12.3. The second-order valence-electron chi connectivity index (χ2n) is 5.87. The highest BCUT2D eigenvalue weighted by Crippen LogP contribution is 2.32. The van der Waals surface area contributed by atoms with Crippen LogP contribution in [0.2, 0.25) is 0 Å². The molecule has 1 aliphatic heterocycles. The summed E-state index contributed by atoms with van der Waals surface area (Å²) in [6.07, 6.45) is 2.37. The number of piperidine rings is 1. The van der Waals surface area contributed by atoms with Crippen LogP contribution in [0.5, 0.6) is 0 Å².